The average Bonchev–Trinajstić information content (AvgIpc) is 3.30. The smallest absolute Gasteiger partial charge is 0.409 e. The number of amides is 1. The molecule has 0 fully saturated rings. The van der Waals surface area contributed by atoms with E-state index in [1.54, 1.807) is 29.8 Å². The van der Waals surface area contributed by atoms with Crippen molar-refractivity contribution in [3.8, 4) is 16.9 Å². The molecule has 1 aliphatic heterocycles. The van der Waals surface area contributed by atoms with E-state index < -0.39 is 40.1 Å². The van der Waals surface area contributed by atoms with Crippen LogP contribution in [0, 0.1) is 6.92 Å². The molecule has 12 nitrogen and oxygen atoms in total. The molecule has 1 aliphatic rings. The van der Waals surface area contributed by atoms with Crippen molar-refractivity contribution in [2.45, 2.75) is 39.5 Å². The predicted octanol–water partition coefficient (Wildman–Crippen LogP) is 2.80. The fourth-order valence-electron chi connectivity index (χ4n) is 4.19. The summed E-state index contributed by atoms with van der Waals surface area (Å²) >= 11 is 0. The fraction of sp³-hybridized carbons (Fsp3) is 0.280. The molecule has 218 valence electrons. The number of benzene rings is 1. The summed E-state index contributed by atoms with van der Waals surface area (Å²) in [4.78, 5) is 34.1. The van der Waals surface area contributed by atoms with Gasteiger partial charge in [-0.3, -0.25) is 19.3 Å². The van der Waals surface area contributed by atoms with E-state index in [0.717, 1.165) is 27.3 Å². The van der Waals surface area contributed by atoms with Crippen LogP contribution in [0.3, 0.4) is 0 Å². The highest BCUT2D eigenvalue weighted by molar-refractivity contribution is 7.71. The lowest BCUT2D eigenvalue weighted by Gasteiger charge is -2.25. The first kappa shape index (κ1) is 29.5. The number of hydrogen-bond donors (Lipinski definition) is 4. The fourth-order valence-corrected chi connectivity index (χ4v) is 4.47. The second-order valence-electron chi connectivity index (χ2n) is 9.02. The molecule has 41 heavy (non-hydrogen) atoms. The lowest BCUT2D eigenvalue weighted by molar-refractivity contribution is -0.142. The van der Waals surface area contributed by atoms with Crippen molar-refractivity contribution in [1.29, 1.82) is 0 Å². The number of alkyl halides is 3. The van der Waals surface area contributed by atoms with Gasteiger partial charge in [0.05, 0.1) is 7.11 Å². The third-order valence-corrected chi connectivity index (χ3v) is 6.47. The molecule has 0 saturated heterocycles. The number of carbonyl (C=O) groups excluding carboxylic acids is 1. The maximum atomic E-state index is 13.6. The summed E-state index contributed by atoms with van der Waals surface area (Å²) in [5.41, 5.74) is 3.07. The standard InChI is InChI=1S/C25H26F3N7O5S/c1-5-34-12-15(9-18(23(34)37)22(36)33-41(38)39)19-11-29-24(30-16-6-13(2)7-17(10-16)40-4)31-21(19)35-14(3)8-20(32-35)25(26,27)28/h6-12,20,32,41H,5H2,1-4H3,(H,29,30,31)(H,33,36,38,39). The average molecular weight is 594 g/mol. The van der Waals surface area contributed by atoms with Crippen molar-refractivity contribution in [1.82, 2.24) is 24.7 Å². The van der Waals surface area contributed by atoms with E-state index in [1.165, 1.54) is 26.4 Å². The minimum absolute atomic E-state index is 0.0230. The molecule has 1 aromatic carbocycles. The Balaban J connectivity index is 1.88. The molecule has 3 aromatic rings. The van der Waals surface area contributed by atoms with E-state index in [2.05, 4.69) is 20.7 Å². The van der Waals surface area contributed by atoms with Crippen molar-refractivity contribution in [3.05, 3.63) is 69.9 Å². The molecule has 16 heteroatoms. The van der Waals surface area contributed by atoms with Crippen LogP contribution in [0.2, 0.25) is 0 Å². The van der Waals surface area contributed by atoms with Gasteiger partial charge in [0.2, 0.25) is 16.8 Å². The first-order valence-corrected chi connectivity index (χ1v) is 13.3. The Morgan fingerprint density at radius 3 is 2.54 bits per heavy atom. The number of aromatic nitrogens is 3. The number of rotatable bonds is 8. The highest BCUT2D eigenvalue weighted by atomic mass is 32.2. The molecule has 1 amide bonds. The minimum Gasteiger partial charge on any atom is -0.497 e. The van der Waals surface area contributed by atoms with Crippen molar-refractivity contribution in [3.63, 3.8) is 0 Å². The number of nitrogens with zero attached hydrogens (tertiary/aromatic N) is 4. The van der Waals surface area contributed by atoms with Gasteiger partial charge in [0.1, 0.15) is 17.4 Å². The monoisotopic (exact) mass is 593 g/mol. The van der Waals surface area contributed by atoms with E-state index in [0.29, 0.717) is 11.4 Å². The molecule has 3 heterocycles. The van der Waals surface area contributed by atoms with Gasteiger partial charge >= 0.3 is 6.18 Å². The van der Waals surface area contributed by atoms with Crippen LogP contribution in [-0.2, 0) is 17.4 Å². The molecule has 0 saturated carbocycles. The molecule has 1 atom stereocenters. The summed E-state index contributed by atoms with van der Waals surface area (Å²) in [6.45, 7) is 5.05. The molecule has 4 rings (SSSR count). The number of pyridine rings is 1. The maximum Gasteiger partial charge on any atom is 0.409 e. The predicted molar refractivity (Wildman–Crippen MR) is 145 cm³/mol. The second kappa shape index (κ2) is 11.6. The molecule has 0 spiro atoms. The molecule has 0 radical (unpaired) electrons. The summed E-state index contributed by atoms with van der Waals surface area (Å²) < 4.78 is 71.0. The zero-order valence-electron chi connectivity index (χ0n) is 22.2. The van der Waals surface area contributed by atoms with E-state index in [9.17, 15) is 31.2 Å². The number of allylic oxidation sites excluding steroid dienone is 1. The van der Waals surface area contributed by atoms with Crippen molar-refractivity contribution in [2.75, 3.05) is 17.4 Å². The first-order chi connectivity index (χ1) is 19.3. The normalized spacial score (nSPS) is 15.2. The van der Waals surface area contributed by atoms with Gasteiger partial charge < -0.3 is 14.6 Å². The van der Waals surface area contributed by atoms with Crippen LogP contribution in [0.25, 0.3) is 11.1 Å². The maximum absolute atomic E-state index is 13.6. The third-order valence-electron chi connectivity index (χ3n) is 6.08. The minimum atomic E-state index is -4.60. The van der Waals surface area contributed by atoms with Crippen LogP contribution >= 0.6 is 0 Å². The van der Waals surface area contributed by atoms with Crippen LogP contribution in [0.15, 0.2) is 53.2 Å². The SMILES string of the molecule is CCn1cc(-c2cnc(Nc3cc(C)cc(OC)c3)nc2N2NC(C(F)(F)F)C=C2C)cc(C(=O)N[SH](=O)=O)c1=O. The Hall–Kier alpha value is -4.44. The molecular weight excluding hydrogens is 567 g/mol. The van der Waals surface area contributed by atoms with Crippen molar-refractivity contribution in [2.24, 2.45) is 0 Å². The molecule has 2 aromatic heterocycles. The van der Waals surface area contributed by atoms with E-state index in [-0.39, 0.29) is 35.1 Å². The van der Waals surface area contributed by atoms with Gasteiger partial charge in [0.15, 0.2) is 5.82 Å². The van der Waals surface area contributed by atoms with Gasteiger partial charge in [0, 0.05) is 47.5 Å². The Labute approximate surface area is 233 Å². The second-order valence-corrected chi connectivity index (χ2v) is 9.76. The van der Waals surface area contributed by atoms with Crippen LogP contribution in [0.1, 0.15) is 29.8 Å². The Morgan fingerprint density at radius 1 is 1.20 bits per heavy atom. The number of thiol groups is 1. The van der Waals surface area contributed by atoms with Gasteiger partial charge in [0.25, 0.3) is 11.5 Å². The lowest BCUT2D eigenvalue weighted by Crippen LogP contribution is -2.45. The summed E-state index contributed by atoms with van der Waals surface area (Å²) in [6, 6.07) is 4.42. The van der Waals surface area contributed by atoms with Gasteiger partial charge in [-0.05, 0) is 50.6 Å². The quantitative estimate of drug-likeness (QED) is 0.288. The van der Waals surface area contributed by atoms with E-state index in [1.807, 2.05) is 6.92 Å². The van der Waals surface area contributed by atoms with Crippen LogP contribution < -0.4 is 30.8 Å². The van der Waals surface area contributed by atoms with Crippen LogP contribution in [0.4, 0.5) is 30.6 Å². The number of halogens is 3. The highest BCUT2D eigenvalue weighted by Gasteiger charge is 2.43. The lowest BCUT2D eigenvalue weighted by atomic mass is 10.1. The van der Waals surface area contributed by atoms with Crippen LogP contribution in [0.5, 0.6) is 5.75 Å². The number of aryl methyl sites for hydroxylation is 2. The number of hydrazine groups is 1. The van der Waals surface area contributed by atoms with E-state index >= 15 is 0 Å². The topological polar surface area (TPSA) is 148 Å². The Kier molecular flexibility index (Phi) is 8.34. The molecule has 1 unspecified atom stereocenters. The largest absolute Gasteiger partial charge is 0.497 e. The zero-order chi connectivity index (χ0) is 30.1. The zero-order valence-corrected chi connectivity index (χ0v) is 23.1. The van der Waals surface area contributed by atoms with Gasteiger partial charge in [-0.2, -0.15) is 18.2 Å². The van der Waals surface area contributed by atoms with Crippen molar-refractivity contribution >= 4 is 34.3 Å². The molecule has 0 bridgehead atoms. The number of anilines is 3. The number of ether oxygens (including phenoxy) is 1. The Bertz CT molecular complexity index is 1660. The number of nitrogens with one attached hydrogen (secondary N) is 3. The van der Waals surface area contributed by atoms with Crippen LogP contribution in [-0.4, -0.2) is 48.2 Å². The van der Waals surface area contributed by atoms with Gasteiger partial charge in [-0.1, -0.05) is 0 Å². The third kappa shape index (κ3) is 6.49. The van der Waals surface area contributed by atoms with Crippen molar-refractivity contribution < 1.29 is 31.1 Å². The summed E-state index contributed by atoms with van der Waals surface area (Å²) in [6.07, 6.45) is -0.907. The molecular formula is C25H26F3N7O5S. The number of hydrogen-bond acceptors (Lipinski definition) is 10. The molecule has 0 aliphatic carbocycles. The van der Waals surface area contributed by atoms with Gasteiger partial charge in [-0.15, -0.1) is 0 Å². The summed E-state index contributed by atoms with van der Waals surface area (Å²) in [5, 5.41) is 4.15. The van der Waals surface area contributed by atoms with E-state index in [4.69, 9.17) is 4.74 Å². The highest BCUT2D eigenvalue weighted by Crippen LogP contribution is 2.35. The number of methoxy groups -OCH3 is 1. The number of carbonyl (C=O) groups is 1. The first-order valence-electron chi connectivity index (χ1n) is 12.1. The summed E-state index contributed by atoms with van der Waals surface area (Å²) in [5.74, 6) is -0.585. The molecule has 3 N–H and O–H groups in total. The summed E-state index contributed by atoms with van der Waals surface area (Å²) in [7, 11) is -1.84. The van der Waals surface area contributed by atoms with Gasteiger partial charge in [-0.25, -0.2) is 18.8 Å². The Morgan fingerprint density at radius 2 is 1.93 bits per heavy atom.